The van der Waals surface area contributed by atoms with Gasteiger partial charge >= 0.3 is 12.1 Å². The average molecular weight is 305 g/mol. The van der Waals surface area contributed by atoms with Gasteiger partial charge in [-0.25, -0.2) is 9.78 Å². The molecule has 21 heavy (non-hydrogen) atoms. The maximum Gasteiger partial charge on any atom is 0.417 e. The number of carbonyl (C=O) groups excluding carboxylic acids is 1. The van der Waals surface area contributed by atoms with Crippen molar-refractivity contribution in [3.05, 3.63) is 23.4 Å². The van der Waals surface area contributed by atoms with E-state index in [9.17, 15) is 18.0 Å². The van der Waals surface area contributed by atoms with E-state index in [1.165, 1.54) is 0 Å². The molecule has 0 saturated heterocycles. The van der Waals surface area contributed by atoms with E-state index in [0.717, 1.165) is 12.3 Å². The molecule has 0 aliphatic rings. The second kappa shape index (κ2) is 5.29. The van der Waals surface area contributed by atoms with Crippen LogP contribution >= 0.6 is 0 Å². The van der Waals surface area contributed by atoms with Crippen LogP contribution in [0.2, 0.25) is 0 Å². The first-order valence-corrected chi connectivity index (χ1v) is 6.34. The molecule has 0 fully saturated rings. The molecular formula is C14H20F3N2O2+. The van der Waals surface area contributed by atoms with Crippen LogP contribution in [0.1, 0.15) is 36.7 Å². The van der Waals surface area contributed by atoms with Gasteiger partial charge in [-0.1, -0.05) is 0 Å². The molecule has 0 N–H and O–H groups in total. The van der Waals surface area contributed by atoms with Crippen molar-refractivity contribution in [1.29, 1.82) is 0 Å². The maximum atomic E-state index is 13.2. The minimum Gasteiger partial charge on any atom is -0.456 e. The van der Waals surface area contributed by atoms with Crippen molar-refractivity contribution in [2.45, 2.75) is 32.5 Å². The van der Waals surface area contributed by atoms with Gasteiger partial charge in [-0.2, -0.15) is 13.2 Å². The second-order valence-corrected chi connectivity index (χ2v) is 6.60. The summed E-state index contributed by atoms with van der Waals surface area (Å²) in [6.45, 7) is 4.77. The normalized spacial score (nSPS) is 13.2. The number of halogens is 3. The molecule has 0 spiro atoms. The van der Waals surface area contributed by atoms with Gasteiger partial charge < -0.3 is 4.74 Å². The monoisotopic (exact) mass is 305 g/mol. The summed E-state index contributed by atoms with van der Waals surface area (Å²) in [6.07, 6.45) is -3.73. The molecule has 0 aromatic carbocycles. The third-order valence-electron chi connectivity index (χ3n) is 2.50. The highest BCUT2D eigenvalue weighted by atomic mass is 19.4. The predicted molar refractivity (Wildman–Crippen MR) is 74.0 cm³/mol. The Morgan fingerprint density at radius 1 is 1.19 bits per heavy atom. The number of hydrogen-bond acceptors (Lipinski definition) is 3. The van der Waals surface area contributed by atoms with E-state index in [1.54, 1.807) is 41.9 Å². The van der Waals surface area contributed by atoms with Gasteiger partial charge in [0.1, 0.15) is 5.60 Å². The Morgan fingerprint density at radius 3 is 2.10 bits per heavy atom. The fraction of sp³-hybridized carbons (Fsp3) is 0.571. The van der Waals surface area contributed by atoms with E-state index in [4.69, 9.17) is 4.74 Å². The molecule has 0 bridgehead atoms. The van der Waals surface area contributed by atoms with E-state index in [1.807, 2.05) is 0 Å². The summed E-state index contributed by atoms with van der Waals surface area (Å²) in [4.78, 5) is 15.9. The van der Waals surface area contributed by atoms with E-state index < -0.39 is 28.9 Å². The third kappa shape index (κ3) is 4.70. The van der Waals surface area contributed by atoms with Gasteiger partial charge in [0, 0.05) is 12.3 Å². The zero-order valence-corrected chi connectivity index (χ0v) is 13.0. The molecule has 0 atom stereocenters. The number of esters is 1. The lowest BCUT2D eigenvalue weighted by molar-refractivity contribution is -0.138. The number of quaternary nitrogens is 1. The predicted octanol–water partition coefficient (Wildman–Crippen LogP) is 3.25. The number of rotatable bonds is 2. The number of aromatic nitrogens is 1. The second-order valence-electron chi connectivity index (χ2n) is 6.60. The van der Waals surface area contributed by atoms with Crippen LogP contribution in [0, 0.1) is 0 Å². The molecule has 0 aliphatic carbocycles. The molecule has 0 radical (unpaired) electrons. The molecule has 0 amide bonds. The first-order chi connectivity index (χ1) is 9.22. The van der Waals surface area contributed by atoms with Crippen molar-refractivity contribution in [1.82, 2.24) is 9.47 Å². The van der Waals surface area contributed by atoms with E-state index in [-0.39, 0.29) is 10.3 Å². The lowest BCUT2D eigenvalue weighted by Crippen LogP contribution is -2.36. The number of hydrogen-bond donors (Lipinski definition) is 0. The molecule has 4 nitrogen and oxygen atoms in total. The van der Waals surface area contributed by atoms with Crippen LogP contribution in [0.5, 0.6) is 0 Å². The molecule has 1 aromatic heterocycles. The summed E-state index contributed by atoms with van der Waals surface area (Å²) in [5, 5.41) is 0. The van der Waals surface area contributed by atoms with Crippen molar-refractivity contribution < 1.29 is 22.7 Å². The maximum absolute atomic E-state index is 13.2. The van der Waals surface area contributed by atoms with Gasteiger partial charge in [0.15, 0.2) is 0 Å². The number of carbonyl (C=O) groups is 1. The zero-order chi connectivity index (χ0) is 16.6. The molecule has 1 heterocycles. The SMILES string of the molecule is CC(C)(C)OC(=O)c1cnc([N+](C)(C)C)cc1C(F)(F)F. The summed E-state index contributed by atoms with van der Waals surface area (Å²) < 4.78 is 44.6. The quantitative estimate of drug-likeness (QED) is 0.622. The summed E-state index contributed by atoms with van der Waals surface area (Å²) in [5.41, 5.74) is -2.48. The highest BCUT2D eigenvalue weighted by Crippen LogP contribution is 2.34. The van der Waals surface area contributed by atoms with Gasteiger partial charge in [0.25, 0.3) is 0 Å². The first-order valence-electron chi connectivity index (χ1n) is 6.34. The largest absolute Gasteiger partial charge is 0.456 e. The van der Waals surface area contributed by atoms with Crippen LogP contribution in [0.3, 0.4) is 0 Å². The molecule has 0 aliphatic heterocycles. The Morgan fingerprint density at radius 2 is 1.71 bits per heavy atom. The van der Waals surface area contributed by atoms with Crippen LogP contribution in [-0.4, -0.2) is 37.7 Å². The molecular weight excluding hydrogens is 285 g/mol. The van der Waals surface area contributed by atoms with E-state index >= 15 is 0 Å². The topological polar surface area (TPSA) is 39.2 Å². The summed E-state index contributed by atoms with van der Waals surface area (Å²) in [7, 11) is 5.07. The zero-order valence-electron chi connectivity index (χ0n) is 13.0. The van der Waals surface area contributed by atoms with Crippen molar-refractivity contribution in [2.75, 3.05) is 21.1 Å². The molecule has 1 aromatic rings. The Kier molecular flexibility index (Phi) is 4.39. The highest BCUT2D eigenvalue weighted by molar-refractivity contribution is 5.91. The number of alkyl halides is 3. The first kappa shape index (κ1) is 17.4. The Hall–Kier alpha value is -1.63. The van der Waals surface area contributed by atoms with Gasteiger partial charge in [-0.15, -0.1) is 0 Å². The van der Waals surface area contributed by atoms with Crippen LogP contribution < -0.4 is 4.48 Å². The molecule has 0 unspecified atom stereocenters. The third-order valence-corrected chi connectivity index (χ3v) is 2.50. The van der Waals surface area contributed by atoms with Gasteiger partial charge in [-0.3, -0.25) is 4.48 Å². The summed E-state index contributed by atoms with van der Waals surface area (Å²) in [5.74, 6) is -0.829. The van der Waals surface area contributed by atoms with Crippen molar-refractivity contribution in [2.24, 2.45) is 0 Å². The minimum atomic E-state index is -4.65. The molecule has 118 valence electrons. The van der Waals surface area contributed by atoms with E-state index in [0.29, 0.717) is 0 Å². The van der Waals surface area contributed by atoms with E-state index in [2.05, 4.69) is 4.98 Å². The van der Waals surface area contributed by atoms with Crippen molar-refractivity contribution in [3.8, 4) is 0 Å². The van der Waals surface area contributed by atoms with Crippen molar-refractivity contribution in [3.63, 3.8) is 0 Å². The smallest absolute Gasteiger partial charge is 0.417 e. The fourth-order valence-corrected chi connectivity index (χ4v) is 1.54. The Balaban J connectivity index is 3.37. The van der Waals surface area contributed by atoms with Crippen LogP contribution in [0.25, 0.3) is 0 Å². The molecule has 1 rings (SSSR count). The van der Waals surface area contributed by atoms with Gasteiger partial charge in [0.05, 0.1) is 32.3 Å². The fourth-order valence-electron chi connectivity index (χ4n) is 1.54. The van der Waals surface area contributed by atoms with Gasteiger partial charge in [-0.05, 0) is 20.8 Å². The Bertz CT molecular complexity index is 541. The number of nitrogens with zero attached hydrogens (tertiary/aromatic N) is 2. The molecule has 7 heteroatoms. The number of pyridine rings is 1. The summed E-state index contributed by atoms with van der Waals surface area (Å²) in [6, 6.07) is 0.888. The lowest BCUT2D eigenvalue weighted by atomic mass is 10.1. The highest BCUT2D eigenvalue weighted by Gasteiger charge is 2.38. The van der Waals surface area contributed by atoms with Crippen LogP contribution in [0.4, 0.5) is 19.0 Å². The molecule has 0 saturated carbocycles. The average Bonchev–Trinajstić information content (AvgIpc) is 2.23. The standard InChI is InChI=1S/C14H20F3N2O2/c1-13(2,3)21-12(20)9-8-18-11(19(4,5)6)7-10(9)14(15,16)17/h7-8H,1-6H3/q+1. The minimum absolute atomic E-state index is 0.109. The van der Waals surface area contributed by atoms with Crippen LogP contribution in [0.15, 0.2) is 12.3 Å². The lowest BCUT2D eigenvalue weighted by Gasteiger charge is -2.24. The van der Waals surface area contributed by atoms with Crippen LogP contribution in [-0.2, 0) is 10.9 Å². The Labute approximate surface area is 122 Å². The number of ether oxygens (including phenoxy) is 1. The van der Waals surface area contributed by atoms with Crippen molar-refractivity contribution >= 4 is 11.8 Å². The van der Waals surface area contributed by atoms with Gasteiger partial charge in [0.2, 0.25) is 5.82 Å². The summed E-state index contributed by atoms with van der Waals surface area (Å²) >= 11 is 0.